The predicted molar refractivity (Wildman–Crippen MR) is 108 cm³/mol. The van der Waals surface area contributed by atoms with Crippen LogP contribution >= 0.6 is 0 Å². The number of benzene rings is 2. The fourth-order valence-electron chi connectivity index (χ4n) is 3.08. The van der Waals surface area contributed by atoms with Crippen LogP contribution in [0.15, 0.2) is 59.0 Å². The second-order valence-corrected chi connectivity index (χ2v) is 6.78. The summed E-state index contributed by atoms with van der Waals surface area (Å²) in [7, 11) is 0. The van der Waals surface area contributed by atoms with E-state index in [4.69, 9.17) is 4.42 Å². The third-order valence-corrected chi connectivity index (χ3v) is 4.66. The Hall–Kier alpha value is -2.88. The second kappa shape index (κ2) is 9.17. The molecule has 0 saturated carbocycles. The number of nitrogens with zero attached hydrogens (tertiary/aromatic N) is 1. The summed E-state index contributed by atoms with van der Waals surface area (Å²) in [5, 5.41) is 2.99. The van der Waals surface area contributed by atoms with Crippen molar-refractivity contribution in [2.75, 3.05) is 6.54 Å². The van der Waals surface area contributed by atoms with Crippen LogP contribution in [0, 0.1) is 13.8 Å². The van der Waals surface area contributed by atoms with Crippen molar-refractivity contribution in [2.24, 2.45) is 0 Å². The Bertz CT molecular complexity index is 884. The topological polar surface area (TPSA) is 55.1 Å². The molecule has 1 amide bonds. The van der Waals surface area contributed by atoms with Crippen molar-refractivity contribution in [3.63, 3.8) is 0 Å². The van der Waals surface area contributed by atoms with E-state index < -0.39 is 0 Å². The van der Waals surface area contributed by atoms with Gasteiger partial charge in [-0.2, -0.15) is 0 Å². The molecule has 27 heavy (non-hydrogen) atoms. The molecular formula is C23H26N2O2. The van der Waals surface area contributed by atoms with Gasteiger partial charge < -0.3 is 9.73 Å². The van der Waals surface area contributed by atoms with E-state index in [0.717, 1.165) is 41.8 Å². The van der Waals surface area contributed by atoms with Gasteiger partial charge in [0.1, 0.15) is 5.76 Å². The van der Waals surface area contributed by atoms with Crippen molar-refractivity contribution in [1.29, 1.82) is 0 Å². The molecule has 0 aliphatic carbocycles. The van der Waals surface area contributed by atoms with E-state index in [1.54, 1.807) is 0 Å². The van der Waals surface area contributed by atoms with Gasteiger partial charge in [0.05, 0.1) is 5.69 Å². The fraction of sp³-hybridized carbons (Fsp3) is 0.304. The van der Waals surface area contributed by atoms with E-state index in [0.29, 0.717) is 18.9 Å². The second-order valence-electron chi connectivity index (χ2n) is 6.78. The van der Waals surface area contributed by atoms with Crippen molar-refractivity contribution < 1.29 is 9.21 Å². The number of aryl methyl sites for hydroxylation is 3. The number of carbonyl (C=O) groups excluding carboxylic acids is 1. The summed E-state index contributed by atoms with van der Waals surface area (Å²) in [6.07, 6.45) is 2.86. The average Bonchev–Trinajstić information content (AvgIpc) is 3.03. The summed E-state index contributed by atoms with van der Waals surface area (Å²) in [6, 6.07) is 18.2. The monoisotopic (exact) mass is 362 g/mol. The fourth-order valence-corrected chi connectivity index (χ4v) is 3.08. The first-order valence-electron chi connectivity index (χ1n) is 9.46. The number of nitrogens with one attached hydrogen (secondary N) is 1. The van der Waals surface area contributed by atoms with Crippen molar-refractivity contribution >= 4 is 5.91 Å². The van der Waals surface area contributed by atoms with Gasteiger partial charge in [-0.25, -0.2) is 4.98 Å². The molecule has 0 unspecified atom stereocenters. The van der Waals surface area contributed by atoms with Gasteiger partial charge in [-0.05, 0) is 50.3 Å². The zero-order valence-corrected chi connectivity index (χ0v) is 16.0. The van der Waals surface area contributed by atoms with E-state index in [-0.39, 0.29) is 5.91 Å². The number of hydrogen-bond donors (Lipinski definition) is 1. The molecule has 1 N–H and O–H groups in total. The van der Waals surface area contributed by atoms with Crippen LogP contribution in [0.25, 0.3) is 11.5 Å². The summed E-state index contributed by atoms with van der Waals surface area (Å²) >= 11 is 0. The molecule has 4 nitrogen and oxygen atoms in total. The number of rotatable bonds is 8. The molecule has 0 saturated heterocycles. The van der Waals surface area contributed by atoms with Crippen LogP contribution in [0.2, 0.25) is 0 Å². The lowest BCUT2D eigenvalue weighted by Gasteiger charge is -2.05. The molecule has 140 valence electrons. The number of carbonyl (C=O) groups is 1. The Morgan fingerprint density at radius 3 is 2.52 bits per heavy atom. The van der Waals surface area contributed by atoms with Gasteiger partial charge in [0.15, 0.2) is 0 Å². The summed E-state index contributed by atoms with van der Waals surface area (Å²) in [6.45, 7) is 4.65. The standard InChI is InChI=1S/C23H26N2O2/c1-17-9-6-7-12-20(17)23-25-21(18(2)27-23)13-8-14-22(26)24-16-15-19-10-4-3-5-11-19/h3-7,9-12H,8,13-16H2,1-2H3,(H,24,26). The van der Waals surface area contributed by atoms with Crippen LogP contribution in [0.4, 0.5) is 0 Å². The minimum absolute atomic E-state index is 0.0891. The van der Waals surface area contributed by atoms with E-state index in [1.165, 1.54) is 5.56 Å². The van der Waals surface area contributed by atoms with Crippen molar-refractivity contribution in [3.05, 3.63) is 77.2 Å². The highest BCUT2D eigenvalue weighted by atomic mass is 16.4. The summed E-state index contributed by atoms with van der Waals surface area (Å²) in [5.74, 6) is 1.58. The SMILES string of the molecule is Cc1ccccc1-c1nc(CCCC(=O)NCCc2ccccc2)c(C)o1. The number of aromatic nitrogens is 1. The molecule has 0 radical (unpaired) electrons. The smallest absolute Gasteiger partial charge is 0.226 e. The molecule has 0 bridgehead atoms. The minimum atomic E-state index is 0.0891. The molecule has 1 heterocycles. The molecular weight excluding hydrogens is 336 g/mol. The van der Waals surface area contributed by atoms with Crippen LogP contribution in [0.1, 0.15) is 35.4 Å². The van der Waals surface area contributed by atoms with Gasteiger partial charge in [0, 0.05) is 18.5 Å². The van der Waals surface area contributed by atoms with Gasteiger partial charge in [-0.3, -0.25) is 4.79 Å². The van der Waals surface area contributed by atoms with E-state index >= 15 is 0 Å². The summed E-state index contributed by atoms with van der Waals surface area (Å²) in [5.41, 5.74) is 4.33. The maximum Gasteiger partial charge on any atom is 0.226 e. The molecule has 0 fully saturated rings. The Kier molecular flexibility index (Phi) is 6.42. The van der Waals surface area contributed by atoms with Crippen molar-refractivity contribution in [3.8, 4) is 11.5 Å². The van der Waals surface area contributed by atoms with Crippen LogP contribution in [-0.2, 0) is 17.6 Å². The Balaban J connectivity index is 1.45. The Morgan fingerprint density at radius 1 is 1.00 bits per heavy atom. The lowest BCUT2D eigenvalue weighted by molar-refractivity contribution is -0.121. The van der Waals surface area contributed by atoms with Gasteiger partial charge in [0.25, 0.3) is 0 Å². The zero-order chi connectivity index (χ0) is 19.1. The van der Waals surface area contributed by atoms with Crippen LogP contribution in [0.3, 0.4) is 0 Å². The number of amides is 1. The highest BCUT2D eigenvalue weighted by Gasteiger charge is 2.13. The molecule has 1 aromatic heterocycles. The maximum absolute atomic E-state index is 12.0. The molecule has 0 aliphatic rings. The van der Waals surface area contributed by atoms with E-state index in [2.05, 4.69) is 22.4 Å². The first-order valence-corrected chi connectivity index (χ1v) is 9.46. The first kappa shape index (κ1) is 18.9. The lowest BCUT2D eigenvalue weighted by atomic mass is 10.1. The third-order valence-electron chi connectivity index (χ3n) is 4.66. The van der Waals surface area contributed by atoms with Crippen LogP contribution in [0.5, 0.6) is 0 Å². The quantitative estimate of drug-likeness (QED) is 0.635. The van der Waals surface area contributed by atoms with Crippen LogP contribution < -0.4 is 5.32 Å². The predicted octanol–water partition coefficient (Wildman–Crippen LogP) is 4.64. The number of hydrogen-bond acceptors (Lipinski definition) is 3. The molecule has 0 aliphatic heterocycles. The van der Waals surface area contributed by atoms with Crippen molar-refractivity contribution in [2.45, 2.75) is 39.5 Å². The first-order chi connectivity index (χ1) is 13.1. The van der Waals surface area contributed by atoms with E-state index in [1.807, 2.05) is 56.3 Å². The summed E-state index contributed by atoms with van der Waals surface area (Å²) in [4.78, 5) is 16.7. The Labute approximate surface area is 160 Å². The molecule has 2 aromatic carbocycles. The molecule has 3 rings (SSSR count). The molecule has 4 heteroatoms. The summed E-state index contributed by atoms with van der Waals surface area (Å²) < 4.78 is 5.84. The normalized spacial score (nSPS) is 10.7. The average molecular weight is 362 g/mol. The van der Waals surface area contributed by atoms with Gasteiger partial charge in [-0.1, -0.05) is 48.5 Å². The largest absolute Gasteiger partial charge is 0.441 e. The van der Waals surface area contributed by atoms with Gasteiger partial charge >= 0.3 is 0 Å². The van der Waals surface area contributed by atoms with Crippen LogP contribution in [-0.4, -0.2) is 17.4 Å². The van der Waals surface area contributed by atoms with Gasteiger partial charge in [0.2, 0.25) is 11.8 Å². The highest BCUT2D eigenvalue weighted by Crippen LogP contribution is 2.25. The zero-order valence-electron chi connectivity index (χ0n) is 16.0. The minimum Gasteiger partial charge on any atom is -0.441 e. The molecule has 0 spiro atoms. The van der Waals surface area contributed by atoms with E-state index in [9.17, 15) is 4.79 Å². The Morgan fingerprint density at radius 2 is 1.74 bits per heavy atom. The third kappa shape index (κ3) is 5.30. The lowest BCUT2D eigenvalue weighted by Crippen LogP contribution is -2.25. The molecule has 3 aromatic rings. The van der Waals surface area contributed by atoms with Gasteiger partial charge in [-0.15, -0.1) is 0 Å². The number of oxazole rings is 1. The highest BCUT2D eigenvalue weighted by molar-refractivity contribution is 5.75. The van der Waals surface area contributed by atoms with Crippen molar-refractivity contribution in [1.82, 2.24) is 10.3 Å². The molecule has 0 atom stereocenters. The maximum atomic E-state index is 12.0.